The Hall–Kier alpha value is -1.28. The van der Waals surface area contributed by atoms with Crippen LogP contribution < -0.4 is 5.73 Å². The number of furan rings is 1. The third-order valence-electron chi connectivity index (χ3n) is 4.25. The highest BCUT2D eigenvalue weighted by Gasteiger charge is 2.35. The summed E-state index contributed by atoms with van der Waals surface area (Å²) in [4.78, 5) is 0. The van der Waals surface area contributed by atoms with Gasteiger partial charge in [0, 0.05) is 17.3 Å². The molecule has 0 bridgehead atoms. The van der Waals surface area contributed by atoms with Crippen LogP contribution in [0.2, 0.25) is 0 Å². The van der Waals surface area contributed by atoms with Crippen molar-refractivity contribution in [1.82, 2.24) is 0 Å². The first-order valence-corrected chi connectivity index (χ1v) is 6.79. The highest BCUT2D eigenvalue weighted by Crippen LogP contribution is 2.43. The molecule has 2 N–H and O–H groups in total. The van der Waals surface area contributed by atoms with E-state index in [9.17, 15) is 0 Å². The summed E-state index contributed by atoms with van der Waals surface area (Å²) in [7, 11) is 0. The van der Waals surface area contributed by atoms with Crippen LogP contribution in [0.1, 0.15) is 44.8 Å². The molecule has 96 valence electrons. The van der Waals surface area contributed by atoms with Crippen LogP contribution in [0.4, 0.5) is 0 Å². The minimum absolute atomic E-state index is 0.235. The van der Waals surface area contributed by atoms with Crippen LogP contribution in [0.25, 0.3) is 11.0 Å². The number of hydrogen-bond acceptors (Lipinski definition) is 2. The maximum absolute atomic E-state index is 6.29. The molecule has 2 unspecified atom stereocenters. The molecule has 3 rings (SSSR count). The lowest BCUT2D eigenvalue weighted by atomic mass is 9.69. The van der Waals surface area contributed by atoms with Crippen LogP contribution in [0.3, 0.4) is 0 Å². The summed E-state index contributed by atoms with van der Waals surface area (Å²) in [6.07, 6.45) is 3.42. The fraction of sp³-hybridized carbons (Fsp3) is 0.500. The van der Waals surface area contributed by atoms with Crippen molar-refractivity contribution < 1.29 is 4.42 Å². The minimum Gasteiger partial charge on any atom is -0.461 e. The summed E-state index contributed by atoms with van der Waals surface area (Å²) in [5, 5.41) is 1.18. The second-order valence-corrected chi connectivity index (χ2v) is 6.36. The van der Waals surface area contributed by atoms with Gasteiger partial charge in [0.1, 0.15) is 11.3 Å². The number of benzene rings is 1. The van der Waals surface area contributed by atoms with Crippen LogP contribution in [0.5, 0.6) is 0 Å². The Morgan fingerprint density at radius 1 is 1.28 bits per heavy atom. The van der Waals surface area contributed by atoms with Crippen LogP contribution in [0, 0.1) is 5.41 Å². The Morgan fingerprint density at radius 2 is 2.06 bits per heavy atom. The Bertz CT molecular complexity index is 522. The molecule has 1 aliphatic rings. The smallest absolute Gasteiger partial charge is 0.134 e. The van der Waals surface area contributed by atoms with Crippen molar-refractivity contribution in [3.8, 4) is 0 Å². The zero-order valence-corrected chi connectivity index (χ0v) is 11.1. The molecule has 2 aromatic rings. The molecule has 0 saturated heterocycles. The number of hydrogen-bond donors (Lipinski definition) is 1. The van der Waals surface area contributed by atoms with Gasteiger partial charge in [0.05, 0.1) is 0 Å². The second kappa shape index (κ2) is 4.13. The Balaban J connectivity index is 1.97. The van der Waals surface area contributed by atoms with Crippen molar-refractivity contribution in [2.75, 3.05) is 0 Å². The van der Waals surface area contributed by atoms with Crippen LogP contribution in [0.15, 0.2) is 34.7 Å². The van der Waals surface area contributed by atoms with E-state index in [4.69, 9.17) is 10.2 Å². The molecule has 0 aliphatic heterocycles. The van der Waals surface area contributed by atoms with E-state index in [0.29, 0.717) is 11.3 Å². The van der Waals surface area contributed by atoms with Crippen molar-refractivity contribution in [3.05, 3.63) is 36.1 Å². The lowest BCUT2D eigenvalue weighted by molar-refractivity contribution is 0.186. The first-order chi connectivity index (χ1) is 8.55. The maximum Gasteiger partial charge on any atom is 0.134 e. The van der Waals surface area contributed by atoms with Crippen molar-refractivity contribution in [2.45, 2.75) is 45.1 Å². The number of nitrogens with two attached hydrogens (primary N) is 1. The monoisotopic (exact) mass is 243 g/mol. The van der Waals surface area contributed by atoms with E-state index in [1.54, 1.807) is 0 Å². The molecule has 2 nitrogen and oxygen atoms in total. The van der Waals surface area contributed by atoms with Gasteiger partial charge in [0.15, 0.2) is 0 Å². The van der Waals surface area contributed by atoms with Crippen molar-refractivity contribution in [3.63, 3.8) is 0 Å². The summed E-state index contributed by atoms with van der Waals surface area (Å²) >= 11 is 0. The molecule has 1 aromatic heterocycles. The topological polar surface area (TPSA) is 39.2 Å². The number of para-hydroxylation sites is 1. The number of rotatable bonds is 1. The largest absolute Gasteiger partial charge is 0.461 e. The molecule has 2 atom stereocenters. The van der Waals surface area contributed by atoms with E-state index < -0.39 is 0 Å². The fourth-order valence-electron chi connectivity index (χ4n) is 3.10. The quantitative estimate of drug-likeness (QED) is 0.820. The fourth-order valence-corrected chi connectivity index (χ4v) is 3.10. The van der Waals surface area contributed by atoms with Gasteiger partial charge in [-0.3, -0.25) is 0 Å². The molecule has 0 spiro atoms. The molecule has 1 aliphatic carbocycles. The summed E-state index contributed by atoms with van der Waals surface area (Å²) in [5.74, 6) is 1.43. The molecule has 1 fully saturated rings. The Kier molecular flexibility index (Phi) is 2.70. The molecule has 0 radical (unpaired) electrons. The van der Waals surface area contributed by atoms with Gasteiger partial charge >= 0.3 is 0 Å². The summed E-state index contributed by atoms with van der Waals surface area (Å²) in [6.45, 7) is 4.66. The predicted molar refractivity (Wildman–Crippen MR) is 74.6 cm³/mol. The van der Waals surface area contributed by atoms with Gasteiger partial charge in [-0.05, 0) is 36.8 Å². The molecule has 1 aromatic carbocycles. The molecule has 0 amide bonds. The van der Waals surface area contributed by atoms with E-state index in [1.807, 2.05) is 18.2 Å². The van der Waals surface area contributed by atoms with Gasteiger partial charge in [0.25, 0.3) is 0 Å². The summed E-state index contributed by atoms with van der Waals surface area (Å²) in [6, 6.07) is 10.6. The van der Waals surface area contributed by atoms with Crippen LogP contribution in [-0.4, -0.2) is 6.04 Å². The second-order valence-electron chi connectivity index (χ2n) is 6.36. The zero-order chi connectivity index (χ0) is 12.8. The molecule has 1 saturated carbocycles. The SMILES string of the molecule is CC1(C)CCC(N)C(c2cc3ccccc3o2)C1. The Morgan fingerprint density at radius 3 is 2.83 bits per heavy atom. The number of fused-ring (bicyclic) bond motifs is 1. The first-order valence-electron chi connectivity index (χ1n) is 6.79. The highest BCUT2D eigenvalue weighted by atomic mass is 16.3. The van der Waals surface area contributed by atoms with Crippen molar-refractivity contribution in [1.29, 1.82) is 0 Å². The zero-order valence-electron chi connectivity index (χ0n) is 11.1. The lowest BCUT2D eigenvalue weighted by Crippen LogP contribution is -2.37. The summed E-state index contributed by atoms with van der Waals surface area (Å²) < 4.78 is 5.99. The van der Waals surface area contributed by atoms with Crippen LogP contribution in [-0.2, 0) is 0 Å². The molecule has 18 heavy (non-hydrogen) atoms. The minimum atomic E-state index is 0.235. The van der Waals surface area contributed by atoms with Gasteiger partial charge < -0.3 is 10.2 Å². The van der Waals surface area contributed by atoms with Gasteiger partial charge in [0.2, 0.25) is 0 Å². The van der Waals surface area contributed by atoms with Crippen molar-refractivity contribution >= 4 is 11.0 Å². The third-order valence-corrected chi connectivity index (χ3v) is 4.25. The lowest BCUT2D eigenvalue weighted by Gasteiger charge is -2.38. The standard InChI is InChI=1S/C16H21NO/c1-16(2)8-7-13(17)12(10-16)15-9-11-5-3-4-6-14(11)18-15/h3-6,9,12-13H,7-8,10,17H2,1-2H3. The van der Waals surface area contributed by atoms with Gasteiger partial charge in [-0.25, -0.2) is 0 Å². The summed E-state index contributed by atoms with van der Waals surface area (Å²) in [5.41, 5.74) is 7.64. The van der Waals surface area contributed by atoms with Crippen LogP contribution >= 0.6 is 0 Å². The highest BCUT2D eigenvalue weighted by molar-refractivity contribution is 5.77. The average Bonchev–Trinajstić information content (AvgIpc) is 2.76. The average molecular weight is 243 g/mol. The predicted octanol–water partition coefficient (Wildman–Crippen LogP) is 4.05. The molecule has 1 heterocycles. The van der Waals surface area contributed by atoms with E-state index in [2.05, 4.69) is 26.0 Å². The molecular formula is C16H21NO. The van der Waals surface area contributed by atoms with Gasteiger partial charge in [-0.2, -0.15) is 0 Å². The Labute approximate surface area is 108 Å². The van der Waals surface area contributed by atoms with Gasteiger partial charge in [-0.15, -0.1) is 0 Å². The van der Waals surface area contributed by atoms with E-state index in [0.717, 1.165) is 24.2 Å². The third kappa shape index (κ3) is 2.05. The van der Waals surface area contributed by atoms with Gasteiger partial charge in [-0.1, -0.05) is 32.0 Å². The molecule has 2 heteroatoms. The normalized spacial score (nSPS) is 27.5. The van der Waals surface area contributed by atoms with E-state index in [1.165, 1.54) is 11.8 Å². The van der Waals surface area contributed by atoms with E-state index in [-0.39, 0.29) is 6.04 Å². The molecular weight excluding hydrogens is 222 g/mol. The van der Waals surface area contributed by atoms with E-state index >= 15 is 0 Å². The van der Waals surface area contributed by atoms with Crippen molar-refractivity contribution in [2.24, 2.45) is 11.1 Å². The maximum atomic E-state index is 6.29. The first kappa shape index (κ1) is 11.8.